The fourth-order valence-electron chi connectivity index (χ4n) is 1.99. The van der Waals surface area contributed by atoms with Crippen molar-refractivity contribution in [3.8, 4) is 5.75 Å². The van der Waals surface area contributed by atoms with Gasteiger partial charge >= 0.3 is 0 Å². The molecule has 0 aliphatic heterocycles. The number of phenols is 1. The monoisotopic (exact) mass is 389 g/mol. The molecule has 0 aliphatic carbocycles. The van der Waals surface area contributed by atoms with Gasteiger partial charge in [-0.15, -0.1) is 10.1 Å². The number of anilines is 1. The summed E-state index contributed by atoms with van der Waals surface area (Å²) in [5.74, 6) is 0.505. The van der Waals surface area contributed by atoms with Gasteiger partial charge in [0.05, 0.1) is 5.69 Å². The number of aromatic hydroxyl groups is 1. The van der Waals surface area contributed by atoms with Gasteiger partial charge in [-0.3, -0.25) is 4.79 Å². The van der Waals surface area contributed by atoms with E-state index >= 15 is 0 Å². The largest absolute Gasteiger partial charge is 0.506 e. The van der Waals surface area contributed by atoms with Gasteiger partial charge in [0.15, 0.2) is 0 Å². The van der Waals surface area contributed by atoms with Crippen molar-refractivity contribution in [2.75, 3.05) is 24.2 Å². The predicted molar refractivity (Wildman–Crippen MR) is 102 cm³/mol. The van der Waals surface area contributed by atoms with Gasteiger partial charge in [0.1, 0.15) is 11.9 Å². The lowest BCUT2D eigenvalue weighted by atomic mass is 9.91. The highest BCUT2D eigenvalue weighted by atomic mass is 32.1. The normalized spacial score (nSPS) is 13.8. The third kappa shape index (κ3) is 6.63. The summed E-state index contributed by atoms with van der Waals surface area (Å²) in [5, 5.41) is 25.0. The molecule has 0 aliphatic rings. The number of phenolic OH excluding ortho intramolecular Hbond substituents is 1. The summed E-state index contributed by atoms with van der Waals surface area (Å²) < 4.78 is 0. The first-order valence-electron chi connectivity index (χ1n) is 7.55. The van der Waals surface area contributed by atoms with E-state index < -0.39 is 11.2 Å². The van der Waals surface area contributed by atoms with E-state index in [1.165, 1.54) is 18.2 Å². The minimum Gasteiger partial charge on any atom is -0.506 e. The smallest absolute Gasteiger partial charge is 0.295 e. The standard InChI is InChI=1S/C15H23N3O5S2/c1-15(2,8-24)14(25)7-16-6-13(23-18(21)22)10-3-4-12(20)11(5-10)17-9-19/h3-5,9,13-14,16,20,24-25H,6-8H2,1-2H3,(H,17,19). The summed E-state index contributed by atoms with van der Waals surface area (Å²) in [6.07, 6.45) is -0.492. The molecule has 0 radical (unpaired) electrons. The van der Waals surface area contributed by atoms with Gasteiger partial charge in [0, 0.05) is 18.3 Å². The summed E-state index contributed by atoms with van der Waals surface area (Å²) in [7, 11) is 0. The van der Waals surface area contributed by atoms with Gasteiger partial charge in [0.25, 0.3) is 5.09 Å². The maximum absolute atomic E-state index is 10.8. The minimum atomic E-state index is -0.901. The first-order valence-corrected chi connectivity index (χ1v) is 8.70. The number of benzene rings is 1. The number of thiol groups is 2. The van der Waals surface area contributed by atoms with Crippen LogP contribution in [0.4, 0.5) is 5.69 Å². The molecular formula is C15H23N3O5S2. The predicted octanol–water partition coefficient (Wildman–Crippen LogP) is 2.05. The van der Waals surface area contributed by atoms with Gasteiger partial charge in [-0.1, -0.05) is 19.9 Å². The van der Waals surface area contributed by atoms with Crippen LogP contribution in [0.15, 0.2) is 18.2 Å². The molecule has 0 saturated carbocycles. The Labute approximate surface area is 157 Å². The van der Waals surface area contributed by atoms with Crippen molar-refractivity contribution in [1.82, 2.24) is 5.32 Å². The van der Waals surface area contributed by atoms with Crippen LogP contribution in [0.25, 0.3) is 0 Å². The van der Waals surface area contributed by atoms with Crippen LogP contribution < -0.4 is 10.6 Å². The van der Waals surface area contributed by atoms with E-state index in [1.54, 1.807) is 0 Å². The Kier molecular flexibility index (Phi) is 8.33. The van der Waals surface area contributed by atoms with Crippen LogP contribution in [0.1, 0.15) is 25.5 Å². The Morgan fingerprint density at radius 1 is 1.44 bits per heavy atom. The number of carbonyl (C=O) groups excluding carboxylic acids is 1. The van der Waals surface area contributed by atoms with E-state index in [-0.39, 0.29) is 28.6 Å². The molecule has 0 aromatic heterocycles. The maximum Gasteiger partial charge on any atom is 0.295 e. The Balaban J connectivity index is 2.83. The van der Waals surface area contributed by atoms with Gasteiger partial charge < -0.3 is 20.6 Å². The zero-order chi connectivity index (χ0) is 19.0. The van der Waals surface area contributed by atoms with Gasteiger partial charge in [0.2, 0.25) is 6.41 Å². The number of carbonyl (C=O) groups is 1. The Morgan fingerprint density at radius 3 is 2.68 bits per heavy atom. The topological polar surface area (TPSA) is 114 Å². The Bertz CT molecular complexity index is 601. The molecule has 1 rings (SSSR count). The molecule has 1 aromatic carbocycles. The van der Waals surface area contributed by atoms with E-state index in [0.717, 1.165) is 0 Å². The Morgan fingerprint density at radius 2 is 2.12 bits per heavy atom. The number of hydrogen-bond acceptors (Lipinski definition) is 8. The lowest BCUT2D eigenvalue weighted by Gasteiger charge is -2.30. The summed E-state index contributed by atoms with van der Waals surface area (Å²) in [6, 6.07) is 4.26. The SMILES string of the molecule is CC(C)(CS)C(S)CNCC(O[N+](=O)[O-])c1ccc(O)c(NC=O)c1. The maximum atomic E-state index is 10.8. The average molecular weight is 389 g/mol. The Hall–Kier alpha value is -1.65. The molecule has 10 heteroatoms. The molecule has 2 atom stereocenters. The van der Waals surface area contributed by atoms with Crippen LogP contribution in [-0.4, -0.2) is 40.7 Å². The van der Waals surface area contributed by atoms with Crippen molar-refractivity contribution < 1.29 is 19.8 Å². The number of nitrogens with zero attached hydrogens (tertiary/aromatic N) is 1. The van der Waals surface area contributed by atoms with Crippen LogP contribution in [0, 0.1) is 15.5 Å². The molecule has 25 heavy (non-hydrogen) atoms. The van der Waals surface area contributed by atoms with Gasteiger partial charge in [-0.05, 0) is 28.9 Å². The molecule has 3 N–H and O–H groups in total. The first-order chi connectivity index (χ1) is 11.7. The van der Waals surface area contributed by atoms with Gasteiger partial charge in [-0.2, -0.15) is 25.3 Å². The van der Waals surface area contributed by atoms with Crippen molar-refractivity contribution >= 4 is 37.4 Å². The summed E-state index contributed by atoms with van der Waals surface area (Å²) >= 11 is 8.84. The summed E-state index contributed by atoms with van der Waals surface area (Å²) in [5.41, 5.74) is 0.474. The van der Waals surface area contributed by atoms with Crippen LogP contribution in [0.5, 0.6) is 5.75 Å². The lowest BCUT2D eigenvalue weighted by molar-refractivity contribution is -0.770. The molecule has 0 bridgehead atoms. The zero-order valence-corrected chi connectivity index (χ0v) is 15.8. The van der Waals surface area contributed by atoms with Crippen molar-refractivity contribution in [3.63, 3.8) is 0 Å². The first kappa shape index (κ1) is 21.4. The molecule has 1 amide bonds. The molecule has 0 spiro atoms. The minimum absolute atomic E-state index is 0.00614. The molecule has 0 heterocycles. The molecular weight excluding hydrogens is 366 g/mol. The summed E-state index contributed by atoms with van der Waals surface area (Å²) in [4.78, 5) is 26.1. The molecule has 1 aromatic rings. The quantitative estimate of drug-likeness (QED) is 0.130. The highest BCUT2D eigenvalue weighted by Gasteiger charge is 2.25. The lowest BCUT2D eigenvalue weighted by Crippen LogP contribution is -2.38. The van der Waals surface area contributed by atoms with Crippen molar-refractivity contribution in [2.24, 2.45) is 5.41 Å². The van der Waals surface area contributed by atoms with Crippen molar-refractivity contribution in [1.29, 1.82) is 0 Å². The van der Waals surface area contributed by atoms with E-state index in [2.05, 4.69) is 35.9 Å². The third-order valence-corrected chi connectivity index (χ3v) is 5.49. The number of hydrogen-bond donors (Lipinski definition) is 5. The number of nitrogens with one attached hydrogen (secondary N) is 2. The van der Waals surface area contributed by atoms with E-state index in [1.807, 2.05) is 13.8 Å². The number of rotatable bonds is 11. The zero-order valence-electron chi connectivity index (χ0n) is 14.0. The average Bonchev–Trinajstić information content (AvgIpc) is 2.55. The second-order valence-electron chi connectivity index (χ2n) is 6.18. The number of amides is 1. The highest BCUT2D eigenvalue weighted by molar-refractivity contribution is 7.81. The second kappa shape index (κ2) is 9.73. The highest BCUT2D eigenvalue weighted by Crippen LogP contribution is 2.29. The van der Waals surface area contributed by atoms with E-state index in [0.29, 0.717) is 24.3 Å². The molecule has 8 nitrogen and oxygen atoms in total. The second-order valence-corrected chi connectivity index (χ2v) is 7.12. The van der Waals surface area contributed by atoms with Crippen LogP contribution in [-0.2, 0) is 9.63 Å². The fourth-order valence-corrected chi connectivity index (χ4v) is 2.57. The van der Waals surface area contributed by atoms with Crippen molar-refractivity contribution in [2.45, 2.75) is 25.2 Å². The van der Waals surface area contributed by atoms with Crippen LogP contribution in [0.3, 0.4) is 0 Å². The van der Waals surface area contributed by atoms with Crippen LogP contribution >= 0.6 is 25.3 Å². The molecule has 0 fully saturated rings. The fraction of sp³-hybridized carbons (Fsp3) is 0.533. The molecule has 140 valence electrons. The van der Waals surface area contributed by atoms with Crippen molar-refractivity contribution in [3.05, 3.63) is 33.9 Å². The van der Waals surface area contributed by atoms with E-state index in [4.69, 9.17) is 4.84 Å². The summed E-state index contributed by atoms with van der Waals surface area (Å²) in [6.45, 7) is 4.72. The van der Waals surface area contributed by atoms with E-state index in [9.17, 15) is 20.0 Å². The van der Waals surface area contributed by atoms with Crippen LogP contribution in [0.2, 0.25) is 0 Å². The molecule has 0 saturated heterocycles. The third-order valence-electron chi connectivity index (χ3n) is 3.80. The molecule has 2 unspecified atom stereocenters. The van der Waals surface area contributed by atoms with Gasteiger partial charge in [-0.25, -0.2) is 0 Å².